The van der Waals surface area contributed by atoms with Crippen molar-refractivity contribution in [2.24, 2.45) is 0 Å². The maximum atomic E-state index is 12.1. The smallest absolute Gasteiger partial charge is 0.319 e. The number of ether oxygens (including phenoxy) is 2. The number of amides is 2. The van der Waals surface area contributed by atoms with Crippen molar-refractivity contribution in [1.29, 1.82) is 0 Å². The molecular weight excluding hydrogens is 284 g/mol. The van der Waals surface area contributed by atoms with Gasteiger partial charge in [0.2, 0.25) is 0 Å². The van der Waals surface area contributed by atoms with Crippen LogP contribution < -0.4 is 20.1 Å². The van der Waals surface area contributed by atoms with Crippen LogP contribution >= 0.6 is 0 Å². The van der Waals surface area contributed by atoms with E-state index in [1.165, 1.54) is 0 Å². The molecular formula is C16H16N2O4. The van der Waals surface area contributed by atoms with E-state index in [4.69, 9.17) is 13.9 Å². The number of fused-ring (bicyclic) bond motifs is 2. The molecule has 0 radical (unpaired) electrons. The molecule has 2 amide bonds. The van der Waals surface area contributed by atoms with Crippen molar-refractivity contribution in [2.45, 2.75) is 19.4 Å². The van der Waals surface area contributed by atoms with Crippen LogP contribution in [0.25, 0.3) is 0 Å². The van der Waals surface area contributed by atoms with Gasteiger partial charge in [0.15, 0.2) is 0 Å². The van der Waals surface area contributed by atoms with Gasteiger partial charge in [-0.1, -0.05) is 0 Å². The van der Waals surface area contributed by atoms with Gasteiger partial charge >= 0.3 is 6.03 Å². The van der Waals surface area contributed by atoms with Crippen LogP contribution in [-0.2, 0) is 19.4 Å². The number of nitrogens with one attached hydrogen (secondary N) is 2. The number of hydrogen-bond donors (Lipinski definition) is 2. The van der Waals surface area contributed by atoms with Crippen LogP contribution in [0, 0.1) is 0 Å². The SMILES string of the molecule is O=C(NCc1ccco1)Nc1c2c(cc3c1OCC3)OCC2. The highest BCUT2D eigenvalue weighted by atomic mass is 16.5. The number of urea groups is 1. The molecule has 114 valence electrons. The van der Waals surface area contributed by atoms with Crippen LogP contribution in [0.1, 0.15) is 16.9 Å². The second kappa shape index (κ2) is 5.29. The van der Waals surface area contributed by atoms with E-state index in [0.29, 0.717) is 25.5 Å². The molecule has 6 heteroatoms. The van der Waals surface area contributed by atoms with Gasteiger partial charge < -0.3 is 24.5 Å². The summed E-state index contributed by atoms with van der Waals surface area (Å²) < 4.78 is 16.5. The molecule has 0 atom stereocenters. The summed E-state index contributed by atoms with van der Waals surface area (Å²) in [6.07, 6.45) is 3.20. The average Bonchev–Trinajstić information content (AvgIpc) is 3.25. The van der Waals surface area contributed by atoms with Crippen LogP contribution in [0.5, 0.6) is 11.5 Å². The van der Waals surface area contributed by atoms with Crippen LogP contribution in [-0.4, -0.2) is 19.2 Å². The molecule has 2 N–H and O–H groups in total. The lowest BCUT2D eigenvalue weighted by molar-refractivity contribution is 0.250. The second-order valence-corrected chi connectivity index (χ2v) is 5.30. The Bertz CT molecular complexity index is 677. The Morgan fingerprint density at radius 2 is 2.14 bits per heavy atom. The fourth-order valence-electron chi connectivity index (χ4n) is 2.86. The third-order valence-electron chi connectivity index (χ3n) is 3.89. The third-order valence-corrected chi connectivity index (χ3v) is 3.89. The number of carbonyl (C=O) groups excluding carboxylic acids is 1. The largest absolute Gasteiger partial charge is 0.493 e. The summed E-state index contributed by atoms with van der Waals surface area (Å²) in [6, 6.07) is 5.34. The first-order chi connectivity index (χ1) is 10.8. The molecule has 2 aromatic rings. The number of furan rings is 1. The molecule has 0 spiro atoms. The average molecular weight is 300 g/mol. The minimum atomic E-state index is -0.283. The van der Waals surface area contributed by atoms with Crippen molar-refractivity contribution in [1.82, 2.24) is 5.32 Å². The first-order valence-electron chi connectivity index (χ1n) is 7.33. The number of hydrogen-bond acceptors (Lipinski definition) is 4. The van der Waals surface area contributed by atoms with Crippen LogP contribution in [0.3, 0.4) is 0 Å². The molecule has 0 saturated carbocycles. The highest BCUT2D eigenvalue weighted by molar-refractivity contribution is 5.93. The summed E-state index contributed by atoms with van der Waals surface area (Å²) in [6.45, 7) is 1.62. The molecule has 2 aliphatic heterocycles. The molecule has 0 unspecified atom stereocenters. The normalized spacial score (nSPS) is 14.7. The van der Waals surface area contributed by atoms with E-state index in [2.05, 4.69) is 10.6 Å². The lowest BCUT2D eigenvalue weighted by Crippen LogP contribution is -2.28. The zero-order valence-corrected chi connectivity index (χ0v) is 12.0. The van der Waals surface area contributed by atoms with E-state index in [0.717, 1.165) is 41.2 Å². The van der Waals surface area contributed by atoms with E-state index in [1.54, 1.807) is 12.3 Å². The highest BCUT2D eigenvalue weighted by Gasteiger charge is 2.27. The van der Waals surface area contributed by atoms with Gasteiger partial charge in [-0.2, -0.15) is 0 Å². The quantitative estimate of drug-likeness (QED) is 0.913. The van der Waals surface area contributed by atoms with Crippen molar-refractivity contribution in [3.05, 3.63) is 41.3 Å². The molecule has 2 aliphatic rings. The van der Waals surface area contributed by atoms with Crippen molar-refractivity contribution in [3.63, 3.8) is 0 Å². The van der Waals surface area contributed by atoms with E-state index < -0.39 is 0 Å². The molecule has 0 bridgehead atoms. The number of carbonyl (C=O) groups is 1. The highest BCUT2D eigenvalue weighted by Crippen LogP contribution is 2.44. The Balaban J connectivity index is 1.54. The molecule has 0 aliphatic carbocycles. The van der Waals surface area contributed by atoms with E-state index in [9.17, 15) is 4.79 Å². The van der Waals surface area contributed by atoms with Gasteiger partial charge in [-0.15, -0.1) is 0 Å². The topological polar surface area (TPSA) is 72.7 Å². The molecule has 3 heterocycles. The second-order valence-electron chi connectivity index (χ2n) is 5.30. The summed E-state index contributed by atoms with van der Waals surface area (Å²) in [5.74, 6) is 2.33. The van der Waals surface area contributed by atoms with Crippen LogP contribution in [0.4, 0.5) is 10.5 Å². The minimum Gasteiger partial charge on any atom is -0.493 e. The first-order valence-corrected chi connectivity index (χ1v) is 7.33. The van der Waals surface area contributed by atoms with E-state index >= 15 is 0 Å². The number of rotatable bonds is 3. The molecule has 1 aromatic carbocycles. The maximum Gasteiger partial charge on any atom is 0.319 e. The fourth-order valence-corrected chi connectivity index (χ4v) is 2.86. The summed E-state index contributed by atoms with van der Waals surface area (Å²) in [5.41, 5.74) is 2.83. The van der Waals surface area contributed by atoms with Gasteiger partial charge in [-0.25, -0.2) is 4.79 Å². The van der Waals surface area contributed by atoms with Crippen LogP contribution in [0.2, 0.25) is 0 Å². The predicted molar refractivity (Wildman–Crippen MR) is 79.4 cm³/mol. The molecule has 0 saturated heterocycles. The van der Waals surface area contributed by atoms with Gasteiger partial charge in [0.1, 0.15) is 17.3 Å². The zero-order valence-electron chi connectivity index (χ0n) is 12.0. The zero-order chi connectivity index (χ0) is 14.9. The van der Waals surface area contributed by atoms with Gasteiger partial charge in [-0.3, -0.25) is 0 Å². The summed E-state index contributed by atoms with van der Waals surface area (Å²) in [7, 11) is 0. The maximum absolute atomic E-state index is 12.1. The standard InChI is InChI=1S/C16H16N2O4/c19-16(17-9-11-2-1-5-20-11)18-14-12-4-7-21-13(12)8-10-3-6-22-15(10)14/h1-2,5,8H,3-4,6-7,9H2,(H2,17,18,19). The van der Waals surface area contributed by atoms with Gasteiger partial charge in [0.25, 0.3) is 0 Å². The molecule has 6 nitrogen and oxygen atoms in total. The predicted octanol–water partition coefficient (Wildman–Crippen LogP) is 2.47. The van der Waals surface area contributed by atoms with Gasteiger partial charge in [-0.05, 0) is 18.2 Å². The Morgan fingerprint density at radius 1 is 1.23 bits per heavy atom. The van der Waals surface area contributed by atoms with Crippen molar-refractivity contribution < 1.29 is 18.7 Å². The first kappa shape index (κ1) is 13.1. The summed E-state index contributed by atoms with van der Waals surface area (Å²) >= 11 is 0. The van der Waals surface area contributed by atoms with Crippen molar-refractivity contribution in [2.75, 3.05) is 18.5 Å². The monoisotopic (exact) mass is 300 g/mol. The Labute approximate surface area is 127 Å². The van der Waals surface area contributed by atoms with Gasteiger partial charge in [0.05, 0.1) is 31.7 Å². The van der Waals surface area contributed by atoms with E-state index in [-0.39, 0.29) is 6.03 Å². The number of anilines is 1. The molecule has 22 heavy (non-hydrogen) atoms. The minimum absolute atomic E-state index is 0.283. The van der Waals surface area contributed by atoms with Crippen molar-refractivity contribution >= 4 is 11.7 Å². The molecule has 0 fully saturated rings. The lowest BCUT2D eigenvalue weighted by Gasteiger charge is -2.14. The summed E-state index contributed by atoms with van der Waals surface area (Å²) in [4.78, 5) is 12.1. The molecule has 1 aromatic heterocycles. The lowest BCUT2D eigenvalue weighted by atomic mass is 10.0. The third kappa shape index (κ3) is 2.26. The Morgan fingerprint density at radius 3 is 3.00 bits per heavy atom. The fraction of sp³-hybridized carbons (Fsp3) is 0.312. The van der Waals surface area contributed by atoms with Crippen molar-refractivity contribution in [3.8, 4) is 11.5 Å². The Hall–Kier alpha value is -2.63. The molecule has 4 rings (SSSR count). The Kier molecular flexibility index (Phi) is 3.14. The van der Waals surface area contributed by atoms with Gasteiger partial charge in [0, 0.05) is 24.0 Å². The number of benzene rings is 1. The van der Waals surface area contributed by atoms with Crippen LogP contribution in [0.15, 0.2) is 28.9 Å². The van der Waals surface area contributed by atoms with E-state index in [1.807, 2.05) is 12.1 Å². The summed E-state index contributed by atoms with van der Waals surface area (Å²) in [5, 5.41) is 5.68.